The van der Waals surface area contributed by atoms with Gasteiger partial charge >= 0.3 is 0 Å². The molecule has 0 atom stereocenters. The molecular weight excluding hydrogens is 246 g/mol. The summed E-state index contributed by atoms with van der Waals surface area (Å²) in [6, 6.07) is 15.7. The van der Waals surface area contributed by atoms with Crippen LogP contribution in [0, 0.1) is 0 Å². The Morgan fingerprint density at radius 3 is 1.72 bits per heavy atom. The van der Waals surface area contributed by atoms with Crippen LogP contribution in [-0.2, 0) is 0 Å². The monoisotopic (exact) mass is 255 g/mol. The lowest BCUT2D eigenvalue weighted by Gasteiger charge is -2.09. The maximum Gasteiger partial charge on any atom is 0.0746 e. The van der Waals surface area contributed by atoms with E-state index in [1.807, 2.05) is 48.5 Å². The molecule has 0 heterocycles. The van der Waals surface area contributed by atoms with Gasteiger partial charge in [-0.1, -0.05) is 65.3 Å². The van der Waals surface area contributed by atoms with Gasteiger partial charge in [0.05, 0.1) is 11.2 Å². The van der Waals surface area contributed by atoms with E-state index in [1.54, 1.807) is 0 Å². The quantitative estimate of drug-likeness (QED) is 0.296. The predicted molar refractivity (Wildman–Crippen MR) is 75.8 cm³/mol. The van der Waals surface area contributed by atoms with Crippen LogP contribution in [0.5, 0.6) is 0 Å². The average Bonchev–Trinajstić information content (AvgIpc) is 2.43. The van der Waals surface area contributed by atoms with Crippen molar-refractivity contribution in [3.63, 3.8) is 0 Å². The second kappa shape index (κ2) is 4.31. The molecule has 3 heteroatoms. The fraction of sp³-hybridized carbons (Fsp3) is 0. The normalized spacial score (nSPS) is 11.6. The predicted octanol–water partition coefficient (Wildman–Crippen LogP) is 4.45. The fourth-order valence-corrected chi connectivity index (χ4v) is 2.64. The van der Waals surface area contributed by atoms with E-state index < -0.39 is 0 Å². The molecule has 0 aliphatic rings. The van der Waals surface area contributed by atoms with Crippen molar-refractivity contribution < 1.29 is 5.21 Å². The van der Waals surface area contributed by atoms with Crippen molar-refractivity contribution in [3.05, 3.63) is 59.1 Å². The first-order chi connectivity index (χ1) is 8.83. The Bertz CT molecular complexity index is 708. The molecule has 0 aromatic heterocycles. The maximum absolute atomic E-state index is 8.84. The molecule has 0 fully saturated rings. The van der Waals surface area contributed by atoms with Crippen LogP contribution in [0.2, 0.25) is 5.02 Å². The molecule has 0 saturated carbocycles. The van der Waals surface area contributed by atoms with E-state index in [0.29, 0.717) is 0 Å². The number of nitrogens with zero attached hydrogens (tertiary/aromatic N) is 1. The number of halogens is 1. The summed E-state index contributed by atoms with van der Waals surface area (Å²) < 4.78 is 0. The molecule has 88 valence electrons. The second-order valence-corrected chi connectivity index (χ2v) is 4.44. The number of hydrogen-bond donors (Lipinski definition) is 1. The van der Waals surface area contributed by atoms with E-state index in [2.05, 4.69) is 5.16 Å². The van der Waals surface area contributed by atoms with Crippen LogP contribution in [0.25, 0.3) is 21.5 Å². The zero-order valence-corrected chi connectivity index (χ0v) is 10.2. The van der Waals surface area contributed by atoms with Gasteiger partial charge in [-0.15, -0.1) is 0 Å². The number of benzene rings is 3. The van der Waals surface area contributed by atoms with Gasteiger partial charge in [0.25, 0.3) is 0 Å². The lowest BCUT2D eigenvalue weighted by Crippen LogP contribution is -1.89. The molecule has 3 aromatic rings. The van der Waals surface area contributed by atoms with Crippen LogP contribution >= 0.6 is 11.6 Å². The topological polar surface area (TPSA) is 32.6 Å². The molecule has 0 saturated heterocycles. The maximum atomic E-state index is 8.84. The van der Waals surface area contributed by atoms with Crippen LogP contribution in [0.15, 0.2) is 53.7 Å². The molecule has 0 aliphatic heterocycles. The summed E-state index contributed by atoms with van der Waals surface area (Å²) in [5.74, 6) is 0. The fourth-order valence-electron chi connectivity index (χ4n) is 2.31. The third-order valence-electron chi connectivity index (χ3n) is 3.09. The first kappa shape index (κ1) is 11.1. The Hall–Kier alpha value is -2.06. The van der Waals surface area contributed by atoms with Gasteiger partial charge in [-0.05, 0) is 10.8 Å². The van der Waals surface area contributed by atoms with Crippen LogP contribution in [0.3, 0.4) is 0 Å². The van der Waals surface area contributed by atoms with Crippen molar-refractivity contribution in [2.75, 3.05) is 0 Å². The minimum atomic E-state index is 0.733. The number of fused-ring (bicyclic) bond motifs is 2. The number of oxime groups is 1. The van der Waals surface area contributed by atoms with E-state index in [4.69, 9.17) is 16.8 Å². The molecule has 0 aliphatic carbocycles. The van der Waals surface area contributed by atoms with E-state index in [9.17, 15) is 0 Å². The van der Waals surface area contributed by atoms with Gasteiger partial charge in [-0.25, -0.2) is 0 Å². The second-order valence-electron chi connectivity index (χ2n) is 4.06. The van der Waals surface area contributed by atoms with Gasteiger partial charge in [0.1, 0.15) is 0 Å². The highest BCUT2D eigenvalue weighted by atomic mass is 35.5. The molecule has 0 bridgehead atoms. The van der Waals surface area contributed by atoms with Crippen LogP contribution in [0.4, 0.5) is 0 Å². The Kier molecular flexibility index (Phi) is 2.65. The number of rotatable bonds is 1. The first-order valence-electron chi connectivity index (χ1n) is 5.59. The highest BCUT2D eigenvalue weighted by Crippen LogP contribution is 2.35. The summed E-state index contributed by atoms with van der Waals surface area (Å²) in [5, 5.41) is 16.6. The van der Waals surface area contributed by atoms with Crippen molar-refractivity contribution in [2.45, 2.75) is 0 Å². The van der Waals surface area contributed by atoms with E-state index in [-0.39, 0.29) is 0 Å². The summed E-state index contributed by atoms with van der Waals surface area (Å²) in [6.45, 7) is 0. The Labute approximate surface area is 109 Å². The summed E-state index contributed by atoms with van der Waals surface area (Å²) in [5.41, 5.74) is 0.883. The molecule has 18 heavy (non-hydrogen) atoms. The molecular formula is C15H10ClNO. The Morgan fingerprint density at radius 2 is 1.28 bits per heavy atom. The molecule has 1 N–H and O–H groups in total. The van der Waals surface area contributed by atoms with Gasteiger partial charge < -0.3 is 5.21 Å². The van der Waals surface area contributed by atoms with Crippen LogP contribution in [-0.4, -0.2) is 11.4 Å². The van der Waals surface area contributed by atoms with Gasteiger partial charge in [0.15, 0.2) is 0 Å². The minimum Gasteiger partial charge on any atom is -0.411 e. The van der Waals surface area contributed by atoms with Crippen molar-refractivity contribution in [3.8, 4) is 0 Å². The minimum absolute atomic E-state index is 0.733. The molecule has 0 unspecified atom stereocenters. The third kappa shape index (κ3) is 1.54. The molecule has 0 radical (unpaired) electrons. The van der Waals surface area contributed by atoms with Crippen molar-refractivity contribution in [2.24, 2.45) is 5.16 Å². The van der Waals surface area contributed by atoms with E-state index >= 15 is 0 Å². The molecule has 3 aromatic carbocycles. The van der Waals surface area contributed by atoms with Crippen LogP contribution < -0.4 is 0 Å². The molecule has 2 nitrogen and oxygen atoms in total. The third-order valence-corrected chi connectivity index (χ3v) is 3.50. The van der Waals surface area contributed by atoms with Crippen molar-refractivity contribution >= 4 is 39.4 Å². The van der Waals surface area contributed by atoms with Gasteiger partial charge in [-0.3, -0.25) is 0 Å². The standard InChI is InChI=1S/C15H10ClNO/c16-15-12-7-3-1-5-10(12)14(9-17-18)11-6-2-4-8-13(11)15/h1-9,18H/b17-9+. The zero-order valence-electron chi connectivity index (χ0n) is 9.47. The smallest absolute Gasteiger partial charge is 0.0746 e. The van der Waals surface area contributed by atoms with Crippen molar-refractivity contribution in [1.29, 1.82) is 0 Å². The van der Waals surface area contributed by atoms with Crippen molar-refractivity contribution in [1.82, 2.24) is 0 Å². The van der Waals surface area contributed by atoms with Gasteiger partial charge in [-0.2, -0.15) is 0 Å². The summed E-state index contributed by atoms with van der Waals surface area (Å²) in [4.78, 5) is 0. The Balaban J connectivity index is 2.62. The summed E-state index contributed by atoms with van der Waals surface area (Å²) in [7, 11) is 0. The zero-order chi connectivity index (χ0) is 12.5. The highest BCUT2D eigenvalue weighted by molar-refractivity contribution is 6.42. The molecule has 0 spiro atoms. The van der Waals surface area contributed by atoms with Crippen LogP contribution in [0.1, 0.15) is 5.56 Å². The molecule has 3 rings (SSSR count). The number of hydrogen-bond acceptors (Lipinski definition) is 2. The van der Waals surface area contributed by atoms with Gasteiger partial charge in [0, 0.05) is 16.3 Å². The largest absolute Gasteiger partial charge is 0.411 e. The molecule has 0 amide bonds. The summed E-state index contributed by atoms with van der Waals surface area (Å²) in [6.07, 6.45) is 1.46. The lowest BCUT2D eigenvalue weighted by atomic mass is 9.97. The van der Waals surface area contributed by atoms with E-state index in [1.165, 1.54) is 6.21 Å². The highest BCUT2D eigenvalue weighted by Gasteiger charge is 2.10. The van der Waals surface area contributed by atoms with Gasteiger partial charge in [0.2, 0.25) is 0 Å². The first-order valence-corrected chi connectivity index (χ1v) is 5.97. The average molecular weight is 256 g/mol. The van der Waals surface area contributed by atoms with E-state index in [0.717, 1.165) is 32.1 Å². The SMILES string of the molecule is O/N=C/c1c2ccccc2c(Cl)c2ccccc12. The summed E-state index contributed by atoms with van der Waals surface area (Å²) >= 11 is 6.44. The lowest BCUT2D eigenvalue weighted by molar-refractivity contribution is 0.322. The Morgan fingerprint density at radius 1 is 0.833 bits per heavy atom.